The lowest BCUT2D eigenvalue weighted by molar-refractivity contribution is 0.121. The summed E-state index contributed by atoms with van der Waals surface area (Å²) in [6.45, 7) is 2.83. The van der Waals surface area contributed by atoms with Crippen molar-refractivity contribution in [3.05, 3.63) is 23.8 Å². The Morgan fingerprint density at radius 3 is 2.55 bits per heavy atom. The second kappa shape index (κ2) is 8.79. The molecule has 0 aliphatic carbocycles. The van der Waals surface area contributed by atoms with Crippen molar-refractivity contribution in [3.8, 4) is 11.5 Å². The molecule has 0 aliphatic heterocycles. The molecule has 0 amide bonds. The molecule has 2 atom stereocenters. The molecule has 0 aromatic heterocycles. The fourth-order valence-corrected chi connectivity index (χ4v) is 2.13. The average molecular weight is 283 g/mol. The molecule has 1 aromatic rings. The van der Waals surface area contributed by atoms with E-state index in [1.807, 2.05) is 19.1 Å². The van der Waals surface area contributed by atoms with Crippen molar-refractivity contribution in [1.29, 1.82) is 0 Å². The van der Waals surface area contributed by atoms with Crippen molar-refractivity contribution < 1.29 is 19.7 Å². The summed E-state index contributed by atoms with van der Waals surface area (Å²) in [5.74, 6) is 1.30. The number of hydrogen-bond acceptors (Lipinski definition) is 5. The van der Waals surface area contributed by atoms with Crippen LogP contribution >= 0.6 is 0 Å². The molecule has 20 heavy (non-hydrogen) atoms. The largest absolute Gasteiger partial charge is 0.497 e. The number of aliphatic hydroxyl groups excluding tert-OH is 2. The maximum Gasteiger partial charge on any atom is 0.128 e. The van der Waals surface area contributed by atoms with Crippen molar-refractivity contribution in [1.82, 2.24) is 5.32 Å². The second-order valence-corrected chi connectivity index (χ2v) is 4.60. The summed E-state index contributed by atoms with van der Waals surface area (Å²) in [5, 5.41) is 22.6. The molecule has 0 heterocycles. The molecule has 0 radical (unpaired) electrons. The van der Waals surface area contributed by atoms with Crippen LogP contribution < -0.4 is 14.8 Å². The van der Waals surface area contributed by atoms with E-state index in [1.54, 1.807) is 20.3 Å². The predicted molar refractivity (Wildman–Crippen MR) is 78.3 cm³/mol. The zero-order chi connectivity index (χ0) is 15.0. The van der Waals surface area contributed by atoms with Gasteiger partial charge < -0.3 is 25.0 Å². The van der Waals surface area contributed by atoms with Gasteiger partial charge in [0.25, 0.3) is 0 Å². The monoisotopic (exact) mass is 283 g/mol. The van der Waals surface area contributed by atoms with Crippen molar-refractivity contribution in [2.45, 2.75) is 31.9 Å². The Morgan fingerprint density at radius 1 is 1.25 bits per heavy atom. The molecule has 0 aliphatic rings. The van der Waals surface area contributed by atoms with Crippen molar-refractivity contribution in [2.24, 2.45) is 0 Å². The highest BCUT2D eigenvalue weighted by Gasteiger charge is 2.22. The Kier molecular flexibility index (Phi) is 7.36. The van der Waals surface area contributed by atoms with Crippen LogP contribution in [0.3, 0.4) is 0 Å². The third kappa shape index (κ3) is 4.37. The molecule has 0 saturated carbocycles. The Balaban J connectivity index is 2.85. The topological polar surface area (TPSA) is 71.0 Å². The lowest BCUT2D eigenvalue weighted by Gasteiger charge is -2.25. The molecular weight excluding hydrogens is 258 g/mol. The summed E-state index contributed by atoms with van der Waals surface area (Å²) >= 11 is 0. The van der Waals surface area contributed by atoms with E-state index in [1.165, 1.54) is 0 Å². The molecule has 0 fully saturated rings. The van der Waals surface area contributed by atoms with Crippen LogP contribution in [0.1, 0.15) is 31.4 Å². The summed E-state index contributed by atoms with van der Waals surface area (Å²) in [6.07, 6.45) is 0.782. The molecular formula is C15H25NO4. The van der Waals surface area contributed by atoms with E-state index in [0.717, 1.165) is 12.0 Å². The van der Waals surface area contributed by atoms with Gasteiger partial charge in [-0.2, -0.15) is 0 Å². The van der Waals surface area contributed by atoms with Gasteiger partial charge in [0.1, 0.15) is 11.5 Å². The van der Waals surface area contributed by atoms with Crippen LogP contribution in [0, 0.1) is 0 Å². The van der Waals surface area contributed by atoms with Crippen LogP contribution in [-0.4, -0.2) is 43.6 Å². The second-order valence-electron chi connectivity index (χ2n) is 4.60. The summed E-state index contributed by atoms with van der Waals surface area (Å²) in [6, 6.07) is 5.31. The maximum absolute atomic E-state index is 10.5. The van der Waals surface area contributed by atoms with Crippen LogP contribution in [0.15, 0.2) is 18.2 Å². The Labute approximate surface area is 120 Å². The number of benzene rings is 1. The molecule has 3 N–H and O–H groups in total. The molecule has 0 spiro atoms. The van der Waals surface area contributed by atoms with E-state index in [4.69, 9.17) is 14.6 Å². The quantitative estimate of drug-likeness (QED) is 0.599. The lowest BCUT2D eigenvalue weighted by atomic mass is 9.99. The first kappa shape index (κ1) is 16.8. The standard InChI is InChI=1S/C15H25NO4/c1-4-13(16-8-5-9-17)15(18)12-7-6-11(19-2)10-14(12)20-3/h6-7,10,13,15-18H,4-5,8-9H2,1-3H3. The normalized spacial score (nSPS) is 13.8. The number of hydrogen-bond donors (Lipinski definition) is 3. The van der Waals surface area contributed by atoms with Gasteiger partial charge in [0.15, 0.2) is 0 Å². The Morgan fingerprint density at radius 2 is 2.00 bits per heavy atom. The minimum atomic E-state index is -0.667. The van der Waals surface area contributed by atoms with Crippen LogP contribution in [0.5, 0.6) is 11.5 Å². The number of aliphatic hydroxyl groups is 2. The third-order valence-corrected chi connectivity index (χ3v) is 3.32. The van der Waals surface area contributed by atoms with Gasteiger partial charge in [0.2, 0.25) is 0 Å². The summed E-state index contributed by atoms with van der Waals surface area (Å²) in [5.41, 5.74) is 0.733. The van der Waals surface area contributed by atoms with Gasteiger partial charge in [-0.3, -0.25) is 0 Å². The molecule has 5 heteroatoms. The molecule has 114 valence electrons. The smallest absolute Gasteiger partial charge is 0.128 e. The molecule has 0 bridgehead atoms. The van der Waals surface area contributed by atoms with E-state index in [-0.39, 0.29) is 12.6 Å². The Hall–Kier alpha value is -1.30. The van der Waals surface area contributed by atoms with Gasteiger partial charge in [-0.1, -0.05) is 6.92 Å². The fourth-order valence-electron chi connectivity index (χ4n) is 2.13. The van der Waals surface area contributed by atoms with Crippen molar-refractivity contribution in [3.63, 3.8) is 0 Å². The van der Waals surface area contributed by atoms with E-state index in [9.17, 15) is 5.11 Å². The summed E-state index contributed by atoms with van der Waals surface area (Å²) in [4.78, 5) is 0. The van der Waals surface area contributed by atoms with E-state index < -0.39 is 6.10 Å². The van der Waals surface area contributed by atoms with Crippen molar-refractivity contribution in [2.75, 3.05) is 27.4 Å². The van der Waals surface area contributed by atoms with E-state index in [0.29, 0.717) is 24.5 Å². The minimum Gasteiger partial charge on any atom is -0.497 e. The highest BCUT2D eigenvalue weighted by molar-refractivity contribution is 5.42. The zero-order valence-electron chi connectivity index (χ0n) is 12.4. The molecule has 2 unspecified atom stereocenters. The predicted octanol–water partition coefficient (Wildman–Crippen LogP) is 1.49. The maximum atomic E-state index is 10.5. The van der Waals surface area contributed by atoms with E-state index >= 15 is 0 Å². The minimum absolute atomic E-state index is 0.0798. The molecule has 5 nitrogen and oxygen atoms in total. The first-order valence-electron chi connectivity index (χ1n) is 6.92. The van der Waals surface area contributed by atoms with Crippen molar-refractivity contribution >= 4 is 0 Å². The van der Waals surface area contributed by atoms with E-state index in [2.05, 4.69) is 5.32 Å². The summed E-state index contributed by atoms with van der Waals surface area (Å²) < 4.78 is 10.5. The average Bonchev–Trinajstić information content (AvgIpc) is 2.50. The van der Waals surface area contributed by atoms with Crippen LogP contribution in [0.4, 0.5) is 0 Å². The Bertz CT molecular complexity index is 397. The zero-order valence-corrected chi connectivity index (χ0v) is 12.4. The fraction of sp³-hybridized carbons (Fsp3) is 0.600. The number of methoxy groups -OCH3 is 2. The van der Waals surface area contributed by atoms with Gasteiger partial charge >= 0.3 is 0 Å². The number of ether oxygens (including phenoxy) is 2. The van der Waals surface area contributed by atoms with Crippen LogP contribution in [0.2, 0.25) is 0 Å². The van der Waals surface area contributed by atoms with Crippen LogP contribution in [0.25, 0.3) is 0 Å². The van der Waals surface area contributed by atoms with Gasteiger partial charge in [0.05, 0.1) is 20.3 Å². The number of rotatable bonds is 9. The lowest BCUT2D eigenvalue weighted by Crippen LogP contribution is -2.35. The number of nitrogens with one attached hydrogen (secondary N) is 1. The van der Waals surface area contributed by atoms with Gasteiger partial charge in [-0.05, 0) is 31.5 Å². The molecule has 1 rings (SSSR count). The van der Waals surface area contributed by atoms with Gasteiger partial charge in [0, 0.05) is 24.3 Å². The molecule has 0 saturated heterocycles. The van der Waals surface area contributed by atoms with Gasteiger partial charge in [-0.25, -0.2) is 0 Å². The first-order valence-corrected chi connectivity index (χ1v) is 6.92. The highest BCUT2D eigenvalue weighted by atomic mass is 16.5. The molecule has 1 aromatic carbocycles. The van der Waals surface area contributed by atoms with Gasteiger partial charge in [-0.15, -0.1) is 0 Å². The SMILES string of the molecule is CCC(NCCCO)C(O)c1ccc(OC)cc1OC. The highest BCUT2D eigenvalue weighted by Crippen LogP contribution is 2.31. The first-order chi connectivity index (χ1) is 9.67. The summed E-state index contributed by atoms with van der Waals surface area (Å²) in [7, 11) is 3.17. The van der Waals surface area contributed by atoms with Crippen LogP contribution in [-0.2, 0) is 0 Å². The third-order valence-electron chi connectivity index (χ3n) is 3.32.